The van der Waals surface area contributed by atoms with Crippen molar-refractivity contribution in [1.29, 1.82) is 5.26 Å². The second kappa shape index (κ2) is 10.8. The van der Waals surface area contributed by atoms with Crippen molar-refractivity contribution in [3.8, 4) is 11.8 Å². The molecule has 0 fully saturated rings. The summed E-state index contributed by atoms with van der Waals surface area (Å²) in [6.07, 6.45) is 7.00. The molecule has 4 rings (SSSR count). The van der Waals surface area contributed by atoms with Crippen LogP contribution in [0.4, 0.5) is 14.9 Å². The van der Waals surface area contributed by atoms with E-state index in [1.54, 1.807) is 48.3 Å². The average molecular weight is 489 g/mol. The van der Waals surface area contributed by atoms with Gasteiger partial charge in [-0.2, -0.15) is 17.0 Å². The summed E-state index contributed by atoms with van der Waals surface area (Å²) in [6.45, 7) is 0.482. The summed E-state index contributed by atoms with van der Waals surface area (Å²) >= 11 is 1.65. The number of nitrogens with one attached hydrogen (secondary N) is 2. The Hall–Kier alpha value is -4.16. The van der Waals surface area contributed by atoms with Gasteiger partial charge in [0.1, 0.15) is 17.6 Å². The predicted molar refractivity (Wildman–Crippen MR) is 135 cm³/mol. The maximum atomic E-state index is 13.0. The lowest BCUT2D eigenvalue weighted by molar-refractivity contribution is -0.115. The molecule has 176 valence electrons. The number of nitrogens with zero attached hydrogens (tertiary/aromatic N) is 2. The third kappa shape index (κ3) is 5.67. The molecular formula is C26H21FN4O3S. The van der Waals surface area contributed by atoms with E-state index in [1.807, 2.05) is 6.26 Å². The van der Waals surface area contributed by atoms with E-state index >= 15 is 0 Å². The summed E-state index contributed by atoms with van der Waals surface area (Å²) < 4.78 is 18.8. The number of benzene rings is 2. The van der Waals surface area contributed by atoms with Crippen molar-refractivity contribution in [2.45, 2.75) is 6.42 Å². The molecule has 1 aliphatic carbocycles. The number of Topliss-reactive ketones (excluding diaryl/α,β-unsaturated/α-hetero) is 1. The normalized spacial score (nSPS) is 13.0. The molecule has 1 heterocycles. The minimum Gasteiger partial charge on any atom is -0.491 e. The van der Waals surface area contributed by atoms with Crippen LogP contribution < -0.4 is 15.4 Å². The van der Waals surface area contributed by atoms with Crippen molar-refractivity contribution < 1.29 is 18.7 Å². The van der Waals surface area contributed by atoms with Crippen molar-refractivity contribution in [1.82, 2.24) is 10.3 Å². The van der Waals surface area contributed by atoms with Crippen molar-refractivity contribution >= 4 is 45.7 Å². The number of thioether (sulfide) groups is 1. The Bertz CT molecular complexity index is 1390. The number of urea groups is 1. The van der Waals surface area contributed by atoms with Gasteiger partial charge in [0.2, 0.25) is 0 Å². The van der Waals surface area contributed by atoms with Gasteiger partial charge < -0.3 is 15.4 Å². The molecule has 1 aromatic heterocycles. The summed E-state index contributed by atoms with van der Waals surface area (Å²) in [7, 11) is 0. The largest absolute Gasteiger partial charge is 0.491 e. The third-order valence-corrected chi connectivity index (χ3v) is 5.88. The first-order valence-electron chi connectivity index (χ1n) is 10.7. The van der Waals surface area contributed by atoms with Gasteiger partial charge in [-0.25, -0.2) is 9.18 Å². The van der Waals surface area contributed by atoms with Crippen molar-refractivity contribution in [2.75, 3.05) is 23.9 Å². The molecule has 7 nitrogen and oxygen atoms in total. The lowest BCUT2D eigenvalue weighted by atomic mass is 9.92. The van der Waals surface area contributed by atoms with Gasteiger partial charge in [-0.1, -0.05) is 6.08 Å². The average Bonchev–Trinajstić information content (AvgIpc) is 2.86. The van der Waals surface area contributed by atoms with Crippen LogP contribution in [0, 0.1) is 17.1 Å². The number of rotatable bonds is 7. The van der Waals surface area contributed by atoms with Gasteiger partial charge in [-0.15, -0.1) is 0 Å². The topological polar surface area (TPSA) is 104 Å². The van der Waals surface area contributed by atoms with Crippen LogP contribution in [-0.4, -0.2) is 35.4 Å². The molecule has 1 aliphatic rings. The van der Waals surface area contributed by atoms with E-state index in [0.29, 0.717) is 29.1 Å². The predicted octanol–water partition coefficient (Wildman–Crippen LogP) is 5.05. The summed E-state index contributed by atoms with van der Waals surface area (Å²) in [5.41, 5.74) is 3.12. The van der Waals surface area contributed by atoms with E-state index in [0.717, 1.165) is 22.3 Å². The van der Waals surface area contributed by atoms with Gasteiger partial charge in [-0.05, 0) is 59.9 Å². The first-order chi connectivity index (χ1) is 17.0. The monoisotopic (exact) mass is 488 g/mol. The Morgan fingerprint density at radius 1 is 1.20 bits per heavy atom. The number of nitriles is 1. The minimum absolute atomic E-state index is 0.0651. The SMILES string of the molecule is CSCCOc1cc2nccc(C3=CC=C(NC(=O)Nc4ccc(F)cc4)C(=O)C3)c2cc1C#N. The van der Waals surface area contributed by atoms with Crippen LogP contribution >= 0.6 is 11.8 Å². The van der Waals surface area contributed by atoms with Crippen LogP contribution in [0.3, 0.4) is 0 Å². The van der Waals surface area contributed by atoms with E-state index in [2.05, 4.69) is 21.7 Å². The molecule has 0 saturated carbocycles. The molecule has 0 saturated heterocycles. The zero-order valence-electron chi connectivity index (χ0n) is 18.8. The van der Waals surface area contributed by atoms with E-state index in [-0.39, 0.29) is 17.9 Å². The van der Waals surface area contributed by atoms with Gasteiger partial charge in [-0.3, -0.25) is 9.78 Å². The quantitative estimate of drug-likeness (QED) is 0.451. The first kappa shape index (κ1) is 24.0. The number of amides is 2. The molecule has 2 N–H and O–H groups in total. The number of ether oxygens (including phenoxy) is 1. The van der Waals surface area contributed by atoms with Crippen molar-refractivity contribution in [3.05, 3.63) is 83.5 Å². The molecule has 0 atom stereocenters. The summed E-state index contributed by atoms with van der Waals surface area (Å²) in [5.74, 6) is 0.601. The van der Waals surface area contributed by atoms with E-state index in [4.69, 9.17) is 4.74 Å². The van der Waals surface area contributed by atoms with Gasteiger partial charge in [0, 0.05) is 35.5 Å². The standard InChI is InChI=1S/C26H21FN4O3S/c1-35-11-10-34-25-14-23-21(12-17(25)15-28)20(8-9-29-23)16-2-7-22(24(32)13-16)31-26(33)30-19-5-3-18(27)4-6-19/h2-9,12,14H,10-11,13H2,1H3,(H2,30,31,33). The van der Waals surface area contributed by atoms with E-state index in [9.17, 15) is 19.2 Å². The number of hydrogen-bond donors (Lipinski definition) is 2. The number of fused-ring (bicyclic) bond motifs is 1. The number of carbonyl (C=O) groups excluding carboxylic acids is 2. The second-order valence-corrected chi connectivity index (χ2v) is 8.62. The van der Waals surface area contributed by atoms with Crippen LogP contribution in [-0.2, 0) is 4.79 Å². The Morgan fingerprint density at radius 3 is 2.71 bits per heavy atom. The van der Waals surface area contributed by atoms with Crippen LogP contribution in [0.15, 0.2) is 66.5 Å². The lowest BCUT2D eigenvalue weighted by Crippen LogP contribution is -2.32. The number of carbonyl (C=O) groups is 2. The molecule has 0 spiro atoms. The fraction of sp³-hybridized carbons (Fsp3) is 0.154. The van der Waals surface area contributed by atoms with Gasteiger partial charge >= 0.3 is 6.03 Å². The molecule has 2 aromatic carbocycles. The molecule has 3 aromatic rings. The molecule has 0 aliphatic heterocycles. The number of allylic oxidation sites excluding steroid dienone is 4. The number of anilines is 1. The summed E-state index contributed by atoms with van der Waals surface area (Å²) in [6, 6.07) is 12.1. The third-order valence-electron chi connectivity index (χ3n) is 5.31. The Balaban J connectivity index is 1.57. The highest BCUT2D eigenvalue weighted by atomic mass is 32.2. The van der Waals surface area contributed by atoms with Gasteiger partial charge in [0.05, 0.1) is 23.4 Å². The smallest absolute Gasteiger partial charge is 0.323 e. The number of halogens is 1. The maximum Gasteiger partial charge on any atom is 0.323 e. The van der Waals surface area contributed by atoms with Crippen LogP contribution in [0.5, 0.6) is 5.75 Å². The lowest BCUT2D eigenvalue weighted by Gasteiger charge is -2.17. The Labute approximate surface area is 205 Å². The molecule has 0 bridgehead atoms. The van der Waals surface area contributed by atoms with E-state index in [1.165, 1.54) is 24.3 Å². The maximum absolute atomic E-state index is 13.0. The second-order valence-electron chi connectivity index (χ2n) is 7.64. The highest BCUT2D eigenvalue weighted by Gasteiger charge is 2.21. The number of pyridine rings is 1. The van der Waals surface area contributed by atoms with Gasteiger partial charge in [0.25, 0.3) is 0 Å². The van der Waals surface area contributed by atoms with Crippen molar-refractivity contribution in [2.24, 2.45) is 0 Å². The number of ketones is 1. The fourth-order valence-electron chi connectivity index (χ4n) is 3.61. The number of aromatic nitrogens is 1. The molecular weight excluding hydrogens is 467 g/mol. The van der Waals surface area contributed by atoms with Crippen molar-refractivity contribution in [3.63, 3.8) is 0 Å². The highest BCUT2D eigenvalue weighted by Crippen LogP contribution is 2.33. The summed E-state index contributed by atoms with van der Waals surface area (Å²) in [5, 5.41) is 15.5. The molecule has 0 unspecified atom stereocenters. The van der Waals surface area contributed by atoms with Crippen LogP contribution in [0.25, 0.3) is 16.5 Å². The van der Waals surface area contributed by atoms with E-state index < -0.39 is 11.8 Å². The fourth-order valence-corrected chi connectivity index (χ4v) is 3.86. The minimum atomic E-state index is -0.602. The van der Waals surface area contributed by atoms with Gasteiger partial charge in [0.15, 0.2) is 5.78 Å². The highest BCUT2D eigenvalue weighted by molar-refractivity contribution is 7.98. The zero-order chi connectivity index (χ0) is 24.8. The molecule has 0 radical (unpaired) electrons. The molecule has 35 heavy (non-hydrogen) atoms. The molecule has 2 amide bonds. The number of hydrogen-bond acceptors (Lipinski definition) is 6. The van der Waals surface area contributed by atoms with Crippen LogP contribution in [0.2, 0.25) is 0 Å². The van der Waals surface area contributed by atoms with Crippen LogP contribution in [0.1, 0.15) is 17.5 Å². The molecule has 9 heteroatoms. The Morgan fingerprint density at radius 2 is 2.00 bits per heavy atom. The summed E-state index contributed by atoms with van der Waals surface area (Å²) in [4.78, 5) is 29.4. The zero-order valence-corrected chi connectivity index (χ0v) is 19.6. The first-order valence-corrected chi connectivity index (χ1v) is 12.1. The Kier molecular flexibility index (Phi) is 7.43.